The first kappa shape index (κ1) is 20.4. The van der Waals surface area contributed by atoms with Crippen molar-refractivity contribution in [2.45, 2.75) is 77.5 Å². The minimum atomic E-state index is -1.08. The molecule has 2 amide bonds. The molecular formula is C17H30N2O5. The Morgan fingerprint density at radius 3 is 2.25 bits per heavy atom. The number of hydrogen-bond acceptors (Lipinski definition) is 4. The first-order valence-electron chi connectivity index (χ1n) is 8.76. The SMILES string of the molecule is CC(=O)NCCN(C(=O)C(C)OC1CCCCCC1)C(C)C(=O)O. The van der Waals surface area contributed by atoms with Gasteiger partial charge in [-0.3, -0.25) is 9.59 Å². The summed E-state index contributed by atoms with van der Waals surface area (Å²) in [6.45, 7) is 4.88. The molecule has 7 nitrogen and oxygen atoms in total. The van der Waals surface area contributed by atoms with E-state index in [0.717, 1.165) is 25.7 Å². The van der Waals surface area contributed by atoms with Crippen LogP contribution in [0.25, 0.3) is 0 Å². The van der Waals surface area contributed by atoms with Gasteiger partial charge < -0.3 is 20.1 Å². The van der Waals surface area contributed by atoms with Gasteiger partial charge in [-0.05, 0) is 26.7 Å². The van der Waals surface area contributed by atoms with E-state index in [-0.39, 0.29) is 31.0 Å². The molecule has 0 spiro atoms. The van der Waals surface area contributed by atoms with Crippen LogP contribution in [0, 0.1) is 0 Å². The topological polar surface area (TPSA) is 95.9 Å². The van der Waals surface area contributed by atoms with E-state index >= 15 is 0 Å². The highest BCUT2D eigenvalue weighted by molar-refractivity contribution is 5.86. The summed E-state index contributed by atoms with van der Waals surface area (Å²) in [5, 5.41) is 11.8. The van der Waals surface area contributed by atoms with Crippen molar-refractivity contribution in [3.05, 3.63) is 0 Å². The van der Waals surface area contributed by atoms with Crippen LogP contribution in [0.3, 0.4) is 0 Å². The van der Waals surface area contributed by atoms with Gasteiger partial charge >= 0.3 is 5.97 Å². The van der Waals surface area contributed by atoms with Crippen LogP contribution in [0.4, 0.5) is 0 Å². The predicted molar refractivity (Wildman–Crippen MR) is 89.5 cm³/mol. The Kier molecular flexibility index (Phi) is 8.74. The highest BCUT2D eigenvalue weighted by Gasteiger charge is 2.30. The van der Waals surface area contributed by atoms with E-state index in [1.165, 1.54) is 31.6 Å². The molecular weight excluding hydrogens is 312 g/mol. The second-order valence-corrected chi connectivity index (χ2v) is 6.42. The second-order valence-electron chi connectivity index (χ2n) is 6.42. The van der Waals surface area contributed by atoms with Crippen LogP contribution in [0.2, 0.25) is 0 Å². The number of nitrogens with zero attached hydrogens (tertiary/aromatic N) is 1. The molecule has 0 bridgehead atoms. The molecule has 0 aromatic rings. The number of rotatable bonds is 8. The van der Waals surface area contributed by atoms with E-state index in [1.807, 2.05) is 0 Å². The molecule has 1 saturated carbocycles. The summed E-state index contributed by atoms with van der Waals surface area (Å²) in [5.74, 6) is -1.64. The number of carboxylic acids is 1. The van der Waals surface area contributed by atoms with Gasteiger partial charge in [-0.2, -0.15) is 0 Å². The Balaban J connectivity index is 2.65. The maximum Gasteiger partial charge on any atom is 0.326 e. The molecule has 0 aromatic carbocycles. The van der Waals surface area contributed by atoms with E-state index in [4.69, 9.17) is 4.74 Å². The van der Waals surface area contributed by atoms with Crippen LogP contribution in [0.15, 0.2) is 0 Å². The van der Waals surface area contributed by atoms with Gasteiger partial charge in [0.25, 0.3) is 5.91 Å². The molecule has 0 radical (unpaired) electrons. The van der Waals surface area contributed by atoms with E-state index < -0.39 is 18.1 Å². The maximum atomic E-state index is 12.6. The fraction of sp³-hybridized carbons (Fsp3) is 0.824. The summed E-state index contributed by atoms with van der Waals surface area (Å²) in [6.07, 6.45) is 5.85. The van der Waals surface area contributed by atoms with Crippen LogP contribution >= 0.6 is 0 Å². The third kappa shape index (κ3) is 6.86. The van der Waals surface area contributed by atoms with E-state index in [9.17, 15) is 19.5 Å². The zero-order valence-corrected chi connectivity index (χ0v) is 14.9. The highest BCUT2D eigenvalue weighted by Crippen LogP contribution is 2.21. The molecule has 0 aromatic heterocycles. The normalized spacial score (nSPS) is 18.3. The number of hydrogen-bond donors (Lipinski definition) is 2. The molecule has 2 N–H and O–H groups in total. The van der Waals surface area contributed by atoms with Gasteiger partial charge in [-0.1, -0.05) is 25.7 Å². The lowest BCUT2D eigenvalue weighted by Crippen LogP contribution is -2.50. The maximum absolute atomic E-state index is 12.6. The molecule has 24 heavy (non-hydrogen) atoms. The Labute approximate surface area is 143 Å². The summed E-state index contributed by atoms with van der Waals surface area (Å²) in [5.41, 5.74) is 0. The lowest BCUT2D eigenvalue weighted by Gasteiger charge is -2.30. The van der Waals surface area contributed by atoms with Crippen molar-refractivity contribution in [1.82, 2.24) is 10.2 Å². The fourth-order valence-electron chi connectivity index (χ4n) is 2.94. The zero-order chi connectivity index (χ0) is 18.1. The second kappa shape index (κ2) is 10.3. The predicted octanol–water partition coefficient (Wildman–Crippen LogP) is 1.55. The summed E-state index contributed by atoms with van der Waals surface area (Å²) >= 11 is 0. The van der Waals surface area contributed by atoms with Gasteiger partial charge in [0.1, 0.15) is 12.1 Å². The Bertz CT molecular complexity index is 433. The first-order valence-corrected chi connectivity index (χ1v) is 8.76. The van der Waals surface area contributed by atoms with Crippen molar-refractivity contribution in [2.75, 3.05) is 13.1 Å². The minimum absolute atomic E-state index is 0.0591. The molecule has 138 valence electrons. The summed E-state index contributed by atoms with van der Waals surface area (Å²) in [7, 11) is 0. The molecule has 2 atom stereocenters. The molecule has 1 fully saturated rings. The average Bonchev–Trinajstić information content (AvgIpc) is 2.78. The third-order valence-electron chi connectivity index (χ3n) is 4.38. The molecule has 1 rings (SSSR count). The van der Waals surface area contributed by atoms with Crippen LogP contribution < -0.4 is 5.32 Å². The smallest absolute Gasteiger partial charge is 0.326 e. The molecule has 7 heteroatoms. The lowest BCUT2D eigenvalue weighted by atomic mass is 10.1. The molecule has 1 aliphatic rings. The number of ether oxygens (including phenoxy) is 1. The lowest BCUT2D eigenvalue weighted by molar-refractivity contribution is -0.157. The third-order valence-corrected chi connectivity index (χ3v) is 4.38. The Hall–Kier alpha value is -1.63. The number of carbonyl (C=O) groups excluding carboxylic acids is 2. The van der Waals surface area contributed by atoms with Crippen molar-refractivity contribution in [2.24, 2.45) is 0 Å². The number of aliphatic carboxylic acids is 1. The number of carboxylic acid groups (broad SMARTS) is 1. The number of carbonyl (C=O) groups is 3. The summed E-state index contributed by atoms with van der Waals surface area (Å²) in [4.78, 5) is 36.2. The van der Waals surface area contributed by atoms with Crippen molar-refractivity contribution < 1.29 is 24.2 Å². The Morgan fingerprint density at radius 2 is 1.75 bits per heavy atom. The average molecular weight is 342 g/mol. The van der Waals surface area contributed by atoms with Crippen LogP contribution in [-0.4, -0.2) is 59.1 Å². The van der Waals surface area contributed by atoms with Gasteiger partial charge in [-0.25, -0.2) is 4.79 Å². The van der Waals surface area contributed by atoms with Gasteiger partial charge in [-0.15, -0.1) is 0 Å². The van der Waals surface area contributed by atoms with Crippen molar-refractivity contribution in [3.8, 4) is 0 Å². The molecule has 1 aliphatic carbocycles. The zero-order valence-electron chi connectivity index (χ0n) is 14.9. The van der Waals surface area contributed by atoms with E-state index in [1.54, 1.807) is 6.92 Å². The standard InChI is InChI=1S/C17H30N2O5/c1-12(17(22)23)19(11-10-18-14(3)20)16(21)13(2)24-15-8-6-4-5-7-9-15/h12-13,15H,4-11H2,1-3H3,(H,18,20)(H,22,23). The monoisotopic (exact) mass is 342 g/mol. The van der Waals surface area contributed by atoms with Gasteiger partial charge in [0, 0.05) is 20.0 Å². The first-order chi connectivity index (χ1) is 11.3. The number of nitrogens with one attached hydrogen (secondary N) is 1. The van der Waals surface area contributed by atoms with Gasteiger partial charge in [0.15, 0.2) is 0 Å². The van der Waals surface area contributed by atoms with Crippen molar-refractivity contribution >= 4 is 17.8 Å². The molecule has 0 heterocycles. The molecule has 0 aliphatic heterocycles. The van der Waals surface area contributed by atoms with Crippen molar-refractivity contribution in [1.29, 1.82) is 0 Å². The number of amides is 2. The fourth-order valence-corrected chi connectivity index (χ4v) is 2.94. The minimum Gasteiger partial charge on any atom is -0.480 e. The molecule has 0 saturated heterocycles. The largest absolute Gasteiger partial charge is 0.480 e. The van der Waals surface area contributed by atoms with Gasteiger partial charge in [0.05, 0.1) is 6.10 Å². The van der Waals surface area contributed by atoms with E-state index in [0.29, 0.717) is 0 Å². The van der Waals surface area contributed by atoms with Gasteiger partial charge in [0.2, 0.25) is 5.91 Å². The van der Waals surface area contributed by atoms with Crippen LogP contribution in [0.5, 0.6) is 0 Å². The van der Waals surface area contributed by atoms with Crippen LogP contribution in [-0.2, 0) is 19.1 Å². The quantitative estimate of drug-likeness (QED) is 0.653. The molecule has 2 unspecified atom stereocenters. The van der Waals surface area contributed by atoms with E-state index in [2.05, 4.69) is 5.32 Å². The Morgan fingerprint density at radius 1 is 1.17 bits per heavy atom. The highest BCUT2D eigenvalue weighted by atomic mass is 16.5. The summed E-state index contributed by atoms with van der Waals surface area (Å²) in [6, 6.07) is -0.966. The van der Waals surface area contributed by atoms with Crippen LogP contribution in [0.1, 0.15) is 59.3 Å². The summed E-state index contributed by atoms with van der Waals surface area (Å²) < 4.78 is 5.90. The van der Waals surface area contributed by atoms with Crippen molar-refractivity contribution in [3.63, 3.8) is 0 Å².